The molecule has 1 aromatic carbocycles. The van der Waals surface area contributed by atoms with Gasteiger partial charge in [-0.15, -0.1) is 0 Å². The van der Waals surface area contributed by atoms with E-state index in [2.05, 4.69) is 18.8 Å². The molecule has 0 bridgehead atoms. The van der Waals surface area contributed by atoms with Gasteiger partial charge in [0.05, 0.1) is 31.4 Å². The van der Waals surface area contributed by atoms with Crippen molar-refractivity contribution in [3.05, 3.63) is 41.7 Å². The van der Waals surface area contributed by atoms with Crippen molar-refractivity contribution in [2.24, 2.45) is 5.92 Å². The van der Waals surface area contributed by atoms with Gasteiger partial charge >= 0.3 is 0 Å². The van der Waals surface area contributed by atoms with Crippen LogP contribution in [0.2, 0.25) is 0 Å². The summed E-state index contributed by atoms with van der Waals surface area (Å²) in [5.41, 5.74) is 1.43. The second kappa shape index (κ2) is 8.17. The summed E-state index contributed by atoms with van der Waals surface area (Å²) in [6.45, 7) is 4.94. The summed E-state index contributed by atoms with van der Waals surface area (Å²) >= 11 is 1.40. The minimum Gasteiger partial charge on any atom is -0.497 e. The Bertz CT molecular complexity index is 650. The number of thioether (sulfide) groups is 1. The molecule has 0 amide bonds. The van der Waals surface area contributed by atoms with E-state index in [-0.39, 0.29) is 12.4 Å². The van der Waals surface area contributed by atoms with Gasteiger partial charge in [-0.25, -0.2) is 4.98 Å². The Morgan fingerprint density at radius 1 is 1.35 bits per heavy atom. The van der Waals surface area contributed by atoms with Crippen LogP contribution in [0.3, 0.4) is 0 Å². The number of aliphatic hydroxyl groups is 1. The van der Waals surface area contributed by atoms with Crippen LogP contribution in [0.1, 0.15) is 29.9 Å². The fourth-order valence-corrected chi connectivity index (χ4v) is 3.09. The van der Waals surface area contributed by atoms with Gasteiger partial charge in [-0.2, -0.15) is 0 Å². The third-order valence-corrected chi connectivity index (χ3v) is 4.35. The van der Waals surface area contributed by atoms with E-state index in [1.54, 1.807) is 37.6 Å². The summed E-state index contributed by atoms with van der Waals surface area (Å²) in [6.07, 6.45) is 1.67. The zero-order chi connectivity index (χ0) is 16.8. The van der Waals surface area contributed by atoms with Gasteiger partial charge in [0.25, 0.3) is 0 Å². The van der Waals surface area contributed by atoms with Crippen LogP contribution in [0.25, 0.3) is 0 Å². The molecule has 23 heavy (non-hydrogen) atoms. The average Bonchev–Trinajstić information content (AvgIpc) is 2.93. The highest BCUT2D eigenvalue weighted by Gasteiger charge is 2.14. The first-order valence-electron chi connectivity index (χ1n) is 7.50. The number of aromatic nitrogens is 2. The van der Waals surface area contributed by atoms with Crippen LogP contribution in [0.4, 0.5) is 0 Å². The number of ether oxygens (including phenoxy) is 1. The van der Waals surface area contributed by atoms with Gasteiger partial charge in [0.1, 0.15) is 5.75 Å². The second-order valence-corrected chi connectivity index (χ2v) is 6.58. The molecule has 1 N–H and O–H groups in total. The molecule has 2 aromatic rings. The number of methoxy groups -OCH3 is 1. The molecule has 1 heterocycles. The quantitative estimate of drug-likeness (QED) is 0.594. The van der Waals surface area contributed by atoms with Crippen molar-refractivity contribution in [3.8, 4) is 5.75 Å². The van der Waals surface area contributed by atoms with Crippen LogP contribution in [0.5, 0.6) is 5.75 Å². The summed E-state index contributed by atoms with van der Waals surface area (Å²) in [5.74, 6) is 1.52. The van der Waals surface area contributed by atoms with E-state index in [1.165, 1.54) is 11.8 Å². The van der Waals surface area contributed by atoms with Crippen molar-refractivity contribution >= 4 is 17.5 Å². The molecule has 0 aliphatic carbocycles. The molecule has 2 rings (SSSR count). The highest BCUT2D eigenvalue weighted by atomic mass is 32.2. The van der Waals surface area contributed by atoms with E-state index in [0.29, 0.717) is 17.2 Å². The Hall–Kier alpha value is -1.79. The zero-order valence-corrected chi connectivity index (χ0v) is 14.5. The number of rotatable bonds is 8. The van der Waals surface area contributed by atoms with Crippen LogP contribution in [-0.2, 0) is 13.2 Å². The molecule has 0 fully saturated rings. The number of carbonyl (C=O) groups is 1. The number of Topliss-reactive ketones (excluding diaryl/α,β-unsaturated/α-hetero) is 1. The number of imidazole rings is 1. The fraction of sp³-hybridized carbons (Fsp3) is 0.412. The molecule has 6 heteroatoms. The normalized spacial score (nSPS) is 11.0. The number of hydrogen-bond donors (Lipinski definition) is 1. The number of benzene rings is 1. The van der Waals surface area contributed by atoms with Gasteiger partial charge in [0.2, 0.25) is 0 Å². The Kier molecular flexibility index (Phi) is 6.24. The fourth-order valence-electron chi connectivity index (χ4n) is 2.18. The molecule has 0 atom stereocenters. The molecule has 124 valence electrons. The summed E-state index contributed by atoms with van der Waals surface area (Å²) < 4.78 is 7.08. The standard InChI is InChI=1S/C17H22N2O3S/c1-12(2)9-19-14(10-20)8-18-17(19)23-11-16(21)13-4-6-15(22-3)7-5-13/h4-8,12,20H,9-11H2,1-3H3. The van der Waals surface area contributed by atoms with Gasteiger partial charge in [-0.3, -0.25) is 4.79 Å². The largest absolute Gasteiger partial charge is 0.497 e. The van der Waals surface area contributed by atoms with Crippen molar-refractivity contribution < 1.29 is 14.6 Å². The van der Waals surface area contributed by atoms with E-state index in [1.807, 2.05) is 4.57 Å². The minimum atomic E-state index is -0.0489. The number of ketones is 1. The van der Waals surface area contributed by atoms with E-state index < -0.39 is 0 Å². The van der Waals surface area contributed by atoms with Crippen molar-refractivity contribution in [2.75, 3.05) is 12.9 Å². The monoisotopic (exact) mass is 334 g/mol. The molecular formula is C17H22N2O3S. The third kappa shape index (κ3) is 4.59. The maximum atomic E-state index is 12.3. The lowest BCUT2D eigenvalue weighted by Crippen LogP contribution is -2.10. The molecule has 0 spiro atoms. The lowest BCUT2D eigenvalue weighted by Gasteiger charge is -2.12. The van der Waals surface area contributed by atoms with E-state index in [4.69, 9.17) is 4.74 Å². The lowest BCUT2D eigenvalue weighted by atomic mass is 10.1. The Labute approximate surface area is 140 Å². The molecule has 5 nitrogen and oxygen atoms in total. The van der Waals surface area contributed by atoms with E-state index in [0.717, 1.165) is 23.1 Å². The number of carbonyl (C=O) groups excluding carboxylic acids is 1. The number of aliphatic hydroxyl groups excluding tert-OH is 1. The summed E-state index contributed by atoms with van der Waals surface area (Å²) in [5, 5.41) is 10.2. The summed E-state index contributed by atoms with van der Waals surface area (Å²) in [4.78, 5) is 16.6. The lowest BCUT2D eigenvalue weighted by molar-refractivity contribution is 0.102. The maximum absolute atomic E-state index is 12.3. The summed E-state index contributed by atoms with van der Waals surface area (Å²) in [6, 6.07) is 7.09. The Balaban J connectivity index is 2.04. The molecule has 0 saturated carbocycles. The SMILES string of the molecule is COc1ccc(C(=O)CSc2ncc(CO)n2CC(C)C)cc1. The molecule has 1 aromatic heterocycles. The smallest absolute Gasteiger partial charge is 0.173 e. The molecule has 0 saturated heterocycles. The minimum absolute atomic E-state index is 0.0438. The Morgan fingerprint density at radius 3 is 2.61 bits per heavy atom. The van der Waals surface area contributed by atoms with Gasteiger partial charge in [0.15, 0.2) is 10.9 Å². The van der Waals surface area contributed by atoms with Gasteiger partial charge in [0, 0.05) is 12.1 Å². The highest BCUT2D eigenvalue weighted by molar-refractivity contribution is 7.99. The molecule has 0 aliphatic heterocycles. The van der Waals surface area contributed by atoms with Crippen LogP contribution < -0.4 is 4.74 Å². The third-order valence-electron chi connectivity index (χ3n) is 3.36. The topological polar surface area (TPSA) is 64.3 Å². The highest BCUT2D eigenvalue weighted by Crippen LogP contribution is 2.22. The van der Waals surface area contributed by atoms with Crippen molar-refractivity contribution in [1.82, 2.24) is 9.55 Å². The Morgan fingerprint density at radius 2 is 2.04 bits per heavy atom. The van der Waals surface area contributed by atoms with Crippen LogP contribution in [0, 0.1) is 5.92 Å². The molecule has 0 unspecified atom stereocenters. The van der Waals surface area contributed by atoms with Crippen LogP contribution >= 0.6 is 11.8 Å². The molecule has 0 aliphatic rings. The first-order chi connectivity index (χ1) is 11.0. The number of hydrogen-bond acceptors (Lipinski definition) is 5. The van der Waals surface area contributed by atoms with Crippen molar-refractivity contribution in [3.63, 3.8) is 0 Å². The molecular weight excluding hydrogens is 312 g/mol. The van der Waals surface area contributed by atoms with Crippen molar-refractivity contribution in [1.29, 1.82) is 0 Å². The van der Waals surface area contributed by atoms with Crippen molar-refractivity contribution in [2.45, 2.75) is 32.2 Å². The average molecular weight is 334 g/mol. The van der Waals surface area contributed by atoms with Gasteiger partial charge in [-0.05, 0) is 30.2 Å². The van der Waals surface area contributed by atoms with Gasteiger partial charge in [-0.1, -0.05) is 25.6 Å². The van der Waals surface area contributed by atoms with Crippen LogP contribution in [-0.4, -0.2) is 33.3 Å². The zero-order valence-electron chi connectivity index (χ0n) is 13.7. The maximum Gasteiger partial charge on any atom is 0.173 e. The predicted molar refractivity (Wildman–Crippen MR) is 91.0 cm³/mol. The second-order valence-electron chi connectivity index (χ2n) is 5.64. The first-order valence-corrected chi connectivity index (χ1v) is 8.49. The predicted octanol–water partition coefficient (Wildman–Crippen LogP) is 3.02. The van der Waals surface area contributed by atoms with E-state index in [9.17, 15) is 9.90 Å². The number of nitrogens with zero attached hydrogens (tertiary/aromatic N) is 2. The van der Waals surface area contributed by atoms with E-state index >= 15 is 0 Å². The first kappa shape index (κ1) is 17.6. The van der Waals surface area contributed by atoms with Crippen LogP contribution in [0.15, 0.2) is 35.6 Å². The van der Waals surface area contributed by atoms with Gasteiger partial charge < -0.3 is 14.4 Å². The summed E-state index contributed by atoms with van der Waals surface area (Å²) in [7, 11) is 1.60. The molecule has 0 radical (unpaired) electrons.